The van der Waals surface area contributed by atoms with Crippen molar-refractivity contribution in [1.29, 1.82) is 0 Å². The Morgan fingerprint density at radius 3 is 2.89 bits per heavy atom. The third-order valence-corrected chi connectivity index (χ3v) is 3.99. The van der Waals surface area contributed by atoms with Gasteiger partial charge in [-0.2, -0.15) is 0 Å². The molecule has 3 nitrogen and oxygen atoms in total. The molecule has 1 atom stereocenters. The van der Waals surface area contributed by atoms with Gasteiger partial charge in [-0.05, 0) is 56.4 Å². The second kappa shape index (κ2) is 4.63. The van der Waals surface area contributed by atoms with Crippen LogP contribution in [0.5, 0.6) is 0 Å². The van der Waals surface area contributed by atoms with E-state index < -0.39 is 0 Å². The van der Waals surface area contributed by atoms with Gasteiger partial charge in [0, 0.05) is 30.4 Å². The van der Waals surface area contributed by atoms with Gasteiger partial charge in [-0.25, -0.2) is 0 Å². The van der Waals surface area contributed by atoms with Crippen LogP contribution < -0.4 is 5.32 Å². The summed E-state index contributed by atoms with van der Waals surface area (Å²) in [5.74, 6) is 0.203. The molecule has 3 heteroatoms. The van der Waals surface area contributed by atoms with Crippen LogP contribution in [-0.4, -0.2) is 29.9 Å². The summed E-state index contributed by atoms with van der Waals surface area (Å²) in [5, 5.41) is 3.47. The zero-order valence-corrected chi connectivity index (χ0v) is 10.9. The van der Waals surface area contributed by atoms with Gasteiger partial charge in [-0.15, -0.1) is 0 Å². The molecule has 18 heavy (non-hydrogen) atoms. The number of anilines is 1. The van der Waals surface area contributed by atoms with Crippen LogP contribution >= 0.6 is 0 Å². The molecule has 1 fully saturated rings. The van der Waals surface area contributed by atoms with Crippen molar-refractivity contribution >= 4 is 11.6 Å². The lowest BCUT2D eigenvalue weighted by Gasteiger charge is -2.25. The van der Waals surface area contributed by atoms with E-state index in [4.69, 9.17) is 0 Å². The van der Waals surface area contributed by atoms with E-state index in [1.54, 1.807) is 0 Å². The van der Waals surface area contributed by atoms with E-state index in [-0.39, 0.29) is 5.91 Å². The number of nitrogens with one attached hydrogen (secondary N) is 1. The van der Waals surface area contributed by atoms with Gasteiger partial charge >= 0.3 is 0 Å². The minimum absolute atomic E-state index is 0.203. The van der Waals surface area contributed by atoms with Gasteiger partial charge in [0.15, 0.2) is 0 Å². The highest BCUT2D eigenvalue weighted by Crippen LogP contribution is 2.26. The van der Waals surface area contributed by atoms with E-state index in [1.807, 2.05) is 11.0 Å². The minimum atomic E-state index is 0.203. The van der Waals surface area contributed by atoms with Crippen molar-refractivity contribution in [1.82, 2.24) is 4.90 Å². The summed E-state index contributed by atoms with van der Waals surface area (Å²) in [5.41, 5.74) is 3.34. The minimum Gasteiger partial charge on any atom is -0.382 e. The van der Waals surface area contributed by atoms with Crippen LogP contribution in [0.4, 0.5) is 5.69 Å². The third kappa shape index (κ3) is 2.09. The summed E-state index contributed by atoms with van der Waals surface area (Å²) >= 11 is 0. The quantitative estimate of drug-likeness (QED) is 0.823. The monoisotopic (exact) mass is 244 g/mol. The Hall–Kier alpha value is -1.51. The second-order valence-corrected chi connectivity index (χ2v) is 5.46. The topological polar surface area (TPSA) is 32.3 Å². The van der Waals surface area contributed by atoms with E-state index in [9.17, 15) is 4.79 Å². The Morgan fingerprint density at radius 1 is 1.33 bits per heavy atom. The Morgan fingerprint density at radius 2 is 2.11 bits per heavy atom. The zero-order valence-electron chi connectivity index (χ0n) is 10.9. The number of rotatable bonds is 1. The number of hydrogen-bond donors (Lipinski definition) is 1. The Bertz CT molecular complexity index is 464. The highest BCUT2D eigenvalue weighted by atomic mass is 16.2. The van der Waals surface area contributed by atoms with Crippen LogP contribution in [0.15, 0.2) is 18.2 Å². The fourth-order valence-corrected chi connectivity index (χ4v) is 2.89. The molecular formula is C15H20N2O. The molecule has 1 amide bonds. The van der Waals surface area contributed by atoms with Crippen molar-refractivity contribution < 1.29 is 4.79 Å². The van der Waals surface area contributed by atoms with Crippen molar-refractivity contribution in [2.24, 2.45) is 0 Å². The molecule has 2 heterocycles. The average molecular weight is 244 g/mol. The maximum atomic E-state index is 12.3. The van der Waals surface area contributed by atoms with Crippen LogP contribution in [0.25, 0.3) is 0 Å². The number of amides is 1. The zero-order chi connectivity index (χ0) is 12.5. The molecule has 0 bridgehead atoms. The molecule has 1 saturated heterocycles. The number of carbonyl (C=O) groups is 1. The first-order valence-corrected chi connectivity index (χ1v) is 6.93. The summed E-state index contributed by atoms with van der Waals surface area (Å²) in [6.45, 7) is 4.04. The van der Waals surface area contributed by atoms with Crippen molar-refractivity contribution in [2.45, 2.75) is 38.6 Å². The molecule has 1 aromatic rings. The Balaban J connectivity index is 1.83. The summed E-state index contributed by atoms with van der Waals surface area (Å²) in [6, 6.07) is 6.64. The molecule has 3 rings (SSSR count). The van der Waals surface area contributed by atoms with Gasteiger partial charge in [0.1, 0.15) is 0 Å². The highest BCUT2D eigenvalue weighted by Gasteiger charge is 2.21. The largest absolute Gasteiger partial charge is 0.382 e. The molecule has 0 unspecified atom stereocenters. The predicted molar refractivity (Wildman–Crippen MR) is 73.0 cm³/mol. The second-order valence-electron chi connectivity index (χ2n) is 5.46. The summed E-state index contributed by atoms with van der Waals surface area (Å²) < 4.78 is 0. The molecule has 0 spiro atoms. The standard InChI is InChI=1S/C15H20N2O/c1-11-4-5-12-10-13(6-7-14(12)16-11)15(18)17-8-2-3-9-17/h6-7,10-11,16H,2-5,8-9H2,1H3/t11-/m1/s1. The van der Waals surface area contributed by atoms with Crippen molar-refractivity contribution in [3.8, 4) is 0 Å². The number of benzene rings is 1. The van der Waals surface area contributed by atoms with Gasteiger partial charge in [0.2, 0.25) is 0 Å². The first-order valence-electron chi connectivity index (χ1n) is 6.93. The Labute approximate surface area is 108 Å². The fourth-order valence-electron chi connectivity index (χ4n) is 2.89. The Kier molecular flexibility index (Phi) is 2.98. The molecule has 0 saturated carbocycles. The number of nitrogens with zero attached hydrogens (tertiary/aromatic N) is 1. The smallest absolute Gasteiger partial charge is 0.253 e. The van der Waals surface area contributed by atoms with Gasteiger partial charge in [-0.1, -0.05) is 0 Å². The lowest BCUT2D eigenvalue weighted by molar-refractivity contribution is 0.0792. The van der Waals surface area contributed by atoms with Gasteiger partial charge in [-0.3, -0.25) is 4.79 Å². The first-order chi connectivity index (χ1) is 8.74. The first kappa shape index (κ1) is 11.6. The highest BCUT2D eigenvalue weighted by molar-refractivity contribution is 5.95. The lowest BCUT2D eigenvalue weighted by atomic mass is 9.97. The normalized spacial score (nSPS) is 22.5. The number of likely N-dealkylation sites (tertiary alicyclic amines) is 1. The molecular weight excluding hydrogens is 224 g/mol. The fraction of sp³-hybridized carbons (Fsp3) is 0.533. The molecule has 0 aliphatic carbocycles. The van der Waals surface area contributed by atoms with Crippen LogP contribution in [0.2, 0.25) is 0 Å². The molecule has 0 aromatic heterocycles. The van der Waals surface area contributed by atoms with Crippen molar-refractivity contribution in [3.05, 3.63) is 29.3 Å². The van der Waals surface area contributed by atoms with Gasteiger partial charge in [0.05, 0.1) is 0 Å². The van der Waals surface area contributed by atoms with E-state index in [2.05, 4.69) is 24.4 Å². The van der Waals surface area contributed by atoms with Crippen molar-refractivity contribution in [3.63, 3.8) is 0 Å². The molecule has 96 valence electrons. The van der Waals surface area contributed by atoms with Crippen LogP contribution in [0.3, 0.4) is 0 Å². The van der Waals surface area contributed by atoms with Crippen LogP contribution in [0.1, 0.15) is 42.1 Å². The number of carbonyl (C=O) groups excluding carboxylic acids is 1. The molecule has 2 aliphatic heterocycles. The molecule has 0 radical (unpaired) electrons. The maximum absolute atomic E-state index is 12.3. The van der Waals surface area contributed by atoms with E-state index in [0.717, 1.165) is 44.3 Å². The molecule has 2 aliphatic rings. The molecule has 1 N–H and O–H groups in total. The maximum Gasteiger partial charge on any atom is 0.253 e. The number of hydrogen-bond acceptors (Lipinski definition) is 2. The van der Waals surface area contributed by atoms with E-state index in [1.165, 1.54) is 11.3 Å². The van der Waals surface area contributed by atoms with Gasteiger partial charge < -0.3 is 10.2 Å². The number of aryl methyl sites for hydroxylation is 1. The SMILES string of the molecule is C[C@@H]1CCc2cc(C(=O)N3CCCC3)ccc2N1. The predicted octanol–water partition coefficient (Wildman–Crippen LogP) is 2.67. The summed E-state index contributed by atoms with van der Waals surface area (Å²) in [4.78, 5) is 14.3. The average Bonchev–Trinajstić information content (AvgIpc) is 2.91. The number of fused-ring (bicyclic) bond motifs is 1. The van der Waals surface area contributed by atoms with E-state index in [0.29, 0.717) is 6.04 Å². The summed E-state index contributed by atoms with van der Waals surface area (Å²) in [7, 11) is 0. The van der Waals surface area contributed by atoms with Crippen LogP contribution in [0, 0.1) is 0 Å². The summed E-state index contributed by atoms with van der Waals surface area (Å²) in [6.07, 6.45) is 4.52. The van der Waals surface area contributed by atoms with Crippen molar-refractivity contribution in [2.75, 3.05) is 18.4 Å². The lowest BCUT2D eigenvalue weighted by Crippen LogP contribution is -2.28. The molecule has 1 aromatic carbocycles. The van der Waals surface area contributed by atoms with E-state index >= 15 is 0 Å². The van der Waals surface area contributed by atoms with Gasteiger partial charge in [0.25, 0.3) is 5.91 Å². The third-order valence-electron chi connectivity index (χ3n) is 3.99. The van der Waals surface area contributed by atoms with Crippen LogP contribution in [-0.2, 0) is 6.42 Å².